The van der Waals surface area contributed by atoms with Crippen LogP contribution in [0.15, 0.2) is 6.20 Å². The van der Waals surface area contributed by atoms with Crippen molar-refractivity contribution in [3.05, 3.63) is 11.9 Å². The Morgan fingerprint density at radius 2 is 2.22 bits per heavy atom. The number of carbonyl (C=O) groups is 2. The third-order valence-electron chi connectivity index (χ3n) is 2.46. The molecule has 0 aliphatic rings. The Kier molecular flexibility index (Phi) is 4.78. The minimum absolute atomic E-state index is 0.0963. The summed E-state index contributed by atoms with van der Waals surface area (Å²) in [7, 11) is 0. The zero-order chi connectivity index (χ0) is 13.7. The first kappa shape index (κ1) is 14.1. The minimum atomic E-state index is -1.11. The van der Waals surface area contributed by atoms with Gasteiger partial charge in [0, 0.05) is 12.6 Å². The Labute approximate surface area is 104 Å². The molecule has 0 atom stereocenters. The zero-order valence-corrected chi connectivity index (χ0v) is 10.4. The molecule has 1 aromatic rings. The lowest BCUT2D eigenvalue weighted by molar-refractivity contribution is -0.119. The van der Waals surface area contributed by atoms with Crippen LogP contribution in [-0.2, 0) is 11.3 Å². The number of aromatic carboxylic acids is 1. The van der Waals surface area contributed by atoms with E-state index in [1.807, 2.05) is 18.7 Å². The molecule has 1 amide bonds. The molecule has 8 nitrogen and oxygen atoms in total. The number of amides is 1. The summed E-state index contributed by atoms with van der Waals surface area (Å²) < 4.78 is 1.43. The van der Waals surface area contributed by atoms with Crippen LogP contribution in [0.3, 0.4) is 0 Å². The number of hydrogen-bond donors (Lipinski definition) is 2. The normalized spacial score (nSPS) is 11.1. The maximum absolute atomic E-state index is 10.9. The van der Waals surface area contributed by atoms with Crippen molar-refractivity contribution in [3.8, 4) is 0 Å². The van der Waals surface area contributed by atoms with Crippen molar-refractivity contribution in [2.75, 3.05) is 13.1 Å². The monoisotopic (exact) mass is 255 g/mol. The van der Waals surface area contributed by atoms with E-state index < -0.39 is 11.9 Å². The number of rotatable bonds is 7. The summed E-state index contributed by atoms with van der Waals surface area (Å²) in [4.78, 5) is 23.4. The average Bonchev–Trinajstić information content (AvgIpc) is 2.72. The third kappa shape index (κ3) is 4.13. The number of nitrogens with two attached hydrogens (primary N) is 1. The van der Waals surface area contributed by atoms with Crippen LogP contribution in [0.5, 0.6) is 0 Å². The number of primary amides is 1. The first-order valence-corrected chi connectivity index (χ1v) is 5.56. The molecule has 0 spiro atoms. The van der Waals surface area contributed by atoms with Crippen molar-refractivity contribution in [1.82, 2.24) is 19.9 Å². The van der Waals surface area contributed by atoms with Crippen LogP contribution in [0, 0.1) is 0 Å². The molecular formula is C10H17N5O3. The minimum Gasteiger partial charge on any atom is -0.476 e. The average molecular weight is 255 g/mol. The van der Waals surface area contributed by atoms with Gasteiger partial charge < -0.3 is 10.8 Å². The summed E-state index contributed by atoms with van der Waals surface area (Å²) in [5.74, 6) is -1.51. The lowest BCUT2D eigenvalue weighted by atomic mass is 10.3. The highest BCUT2D eigenvalue weighted by atomic mass is 16.4. The molecule has 0 aromatic carbocycles. The summed E-state index contributed by atoms with van der Waals surface area (Å²) in [6.45, 7) is 5.06. The Balaban J connectivity index is 2.55. The van der Waals surface area contributed by atoms with E-state index in [1.165, 1.54) is 10.9 Å². The van der Waals surface area contributed by atoms with Crippen LogP contribution in [0.1, 0.15) is 24.3 Å². The quantitative estimate of drug-likeness (QED) is 0.657. The fourth-order valence-corrected chi connectivity index (χ4v) is 1.46. The zero-order valence-electron chi connectivity index (χ0n) is 10.4. The standard InChI is InChI=1S/C10H17N5O3/c1-7(2)14(6-9(11)16)3-4-15-5-8(10(17)18)12-13-15/h5,7H,3-4,6H2,1-2H3,(H2,11,16)(H,17,18). The molecule has 0 saturated carbocycles. The Morgan fingerprint density at radius 1 is 1.56 bits per heavy atom. The van der Waals surface area contributed by atoms with Crippen molar-refractivity contribution < 1.29 is 14.7 Å². The van der Waals surface area contributed by atoms with Crippen LogP contribution in [0.4, 0.5) is 0 Å². The van der Waals surface area contributed by atoms with Crippen molar-refractivity contribution in [2.24, 2.45) is 5.73 Å². The SMILES string of the molecule is CC(C)N(CCn1cc(C(=O)O)nn1)CC(N)=O. The second kappa shape index (κ2) is 6.10. The Hall–Kier alpha value is -1.96. The van der Waals surface area contributed by atoms with Crippen molar-refractivity contribution >= 4 is 11.9 Å². The van der Waals surface area contributed by atoms with Gasteiger partial charge in [0.2, 0.25) is 5.91 Å². The molecule has 0 aliphatic carbocycles. The maximum Gasteiger partial charge on any atom is 0.358 e. The van der Waals surface area contributed by atoms with Crippen LogP contribution in [0.25, 0.3) is 0 Å². The molecular weight excluding hydrogens is 238 g/mol. The van der Waals surface area contributed by atoms with E-state index in [-0.39, 0.29) is 18.3 Å². The van der Waals surface area contributed by atoms with Gasteiger partial charge in [-0.25, -0.2) is 4.79 Å². The Bertz CT molecular complexity index is 429. The Morgan fingerprint density at radius 3 is 2.67 bits per heavy atom. The molecule has 3 N–H and O–H groups in total. The first-order valence-electron chi connectivity index (χ1n) is 5.56. The van der Waals surface area contributed by atoms with Gasteiger partial charge in [-0.1, -0.05) is 5.21 Å². The molecule has 0 radical (unpaired) electrons. The number of carboxylic acids is 1. The van der Waals surface area contributed by atoms with Gasteiger partial charge in [0.1, 0.15) is 0 Å². The summed E-state index contributed by atoms with van der Waals surface area (Å²) in [6, 6.07) is 0.167. The largest absolute Gasteiger partial charge is 0.476 e. The topological polar surface area (TPSA) is 114 Å². The third-order valence-corrected chi connectivity index (χ3v) is 2.46. The predicted molar refractivity (Wildman–Crippen MR) is 62.9 cm³/mol. The number of aromatic nitrogens is 3. The van der Waals surface area contributed by atoms with Crippen LogP contribution in [-0.4, -0.2) is 56.0 Å². The smallest absolute Gasteiger partial charge is 0.358 e. The summed E-state index contributed by atoms with van der Waals surface area (Å²) in [5, 5.41) is 15.9. The molecule has 18 heavy (non-hydrogen) atoms. The van der Waals surface area contributed by atoms with Gasteiger partial charge in [0.05, 0.1) is 19.3 Å². The van der Waals surface area contributed by atoms with Crippen LogP contribution in [0.2, 0.25) is 0 Å². The highest BCUT2D eigenvalue weighted by Crippen LogP contribution is 1.99. The van der Waals surface area contributed by atoms with Crippen LogP contribution >= 0.6 is 0 Å². The summed E-state index contributed by atoms with van der Waals surface area (Å²) in [6.07, 6.45) is 1.35. The van der Waals surface area contributed by atoms with Gasteiger partial charge in [-0.15, -0.1) is 5.10 Å². The second-order valence-corrected chi connectivity index (χ2v) is 4.20. The van der Waals surface area contributed by atoms with E-state index in [0.717, 1.165) is 0 Å². The fraction of sp³-hybridized carbons (Fsp3) is 0.600. The van der Waals surface area contributed by atoms with E-state index in [0.29, 0.717) is 13.1 Å². The van der Waals surface area contributed by atoms with Gasteiger partial charge in [-0.3, -0.25) is 14.4 Å². The van der Waals surface area contributed by atoms with Gasteiger partial charge >= 0.3 is 5.97 Å². The van der Waals surface area contributed by atoms with Crippen molar-refractivity contribution in [3.63, 3.8) is 0 Å². The number of hydrogen-bond acceptors (Lipinski definition) is 5. The highest BCUT2D eigenvalue weighted by molar-refractivity contribution is 5.84. The lowest BCUT2D eigenvalue weighted by Gasteiger charge is -2.24. The van der Waals surface area contributed by atoms with Gasteiger partial charge in [0.15, 0.2) is 5.69 Å². The fourth-order valence-electron chi connectivity index (χ4n) is 1.46. The van der Waals surface area contributed by atoms with E-state index >= 15 is 0 Å². The molecule has 0 aliphatic heterocycles. The summed E-state index contributed by atoms with van der Waals surface area (Å²) >= 11 is 0. The van der Waals surface area contributed by atoms with Gasteiger partial charge in [-0.2, -0.15) is 0 Å². The number of nitrogens with zero attached hydrogens (tertiary/aromatic N) is 4. The van der Waals surface area contributed by atoms with Gasteiger partial charge in [0.25, 0.3) is 0 Å². The summed E-state index contributed by atoms with van der Waals surface area (Å²) in [5.41, 5.74) is 5.05. The molecule has 1 heterocycles. The van der Waals surface area contributed by atoms with E-state index in [1.54, 1.807) is 0 Å². The van der Waals surface area contributed by atoms with Crippen molar-refractivity contribution in [1.29, 1.82) is 0 Å². The second-order valence-electron chi connectivity index (χ2n) is 4.20. The van der Waals surface area contributed by atoms with E-state index in [2.05, 4.69) is 10.3 Å². The van der Waals surface area contributed by atoms with Crippen LogP contribution < -0.4 is 5.73 Å². The molecule has 8 heteroatoms. The molecule has 1 rings (SSSR count). The lowest BCUT2D eigenvalue weighted by Crippen LogP contribution is -2.40. The van der Waals surface area contributed by atoms with E-state index in [4.69, 9.17) is 10.8 Å². The molecule has 0 saturated heterocycles. The predicted octanol–water partition coefficient (Wildman–Crippen LogP) is -0.828. The molecule has 0 fully saturated rings. The highest BCUT2D eigenvalue weighted by Gasteiger charge is 2.13. The number of carboxylic acid groups (broad SMARTS) is 1. The van der Waals surface area contributed by atoms with Gasteiger partial charge in [-0.05, 0) is 13.8 Å². The maximum atomic E-state index is 10.9. The molecule has 0 bridgehead atoms. The number of carbonyl (C=O) groups excluding carboxylic acids is 1. The van der Waals surface area contributed by atoms with Crippen molar-refractivity contribution in [2.45, 2.75) is 26.4 Å². The first-order chi connectivity index (χ1) is 8.40. The molecule has 0 unspecified atom stereocenters. The molecule has 100 valence electrons. The molecule has 1 aromatic heterocycles. The van der Waals surface area contributed by atoms with E-state index in [9.17, 15) is 9.59 Å².